The molecule has 24 heavy (non-hydrogen) atoms. The highest BCUT2D eigenvalue weighted by molar-refractivity contribution is 5.91. The van der Waals surface area contributed by atoms with E-state index in [0.717, 1.165) is 12.1 Å². The number of hydrogen-bond acceptors (Lipinski definition) is 3. The molecule has 0 aromatic heterocycles. The van der Waals surface area contributed by atoms with E-state index >= 15 is 0 Å². The van der Waals surface area contributed by atoms with Crippen LogP contribution in [-0.4, -0.2) is 24.9 Å². The lowest BCUT2D eigenvalue weighted by atomic mass is 9.96. The van der Waals surface area contributed by atoms with Crippen molar-refractivity contribution in [2.24, 2.45) is 5.41 Å². The van der Waals surface area contributed by atoms with Crippen molar-refractivity contribution < 1.29 is 14.0 Å². The molecule has 0 saturated heterocycles. The first-order chi connectivity index (χ1) is 10.8. The Labute approximate surface area is 148 Å². The Morgan fingerprint density at radius 2 is 2.00 bits per heavy atom. The van der Waals surface area contributed by atoms with Crippen molar-refractivity contribution in [1.29, 1.82) is 0 Å². The van der Waals surface area contributed by atoms with Crippen molar-refractivity contribution in [1.82, 2.24) is 10.6 Å². The first-order valence-electron chi connectivity index (χ1n) is 7.88. The lowest BCUT2D eigenvalue weighted by molar-refractivity contribution is -0.128. The number of halogens is 2. The number of nitrogens with one attached hydrogen (secondary N) is 3. The van der Waals surface area contributed by atoms with Crippen LogP contribution in [0.25, 0.3) is 0 Å². The summed E-state index contributed by atoms with van der Waals surface area (Å²) in [4.78, 5) is 23.6. The van der Waals surface area contributed by atoms with E-state index in [-0.39, 0.29) is 48.7 Å². The molecule has 5 nitrogen and oxygen atoms in total. The van der Waals surface area contributed by atoms with E-state index in [4.69, 9.17) is 0 Å². The van der Waals surface area contributed by atoms with E-state index in [0.29, 0.717) is 18.5 Å². The van der Waals surface area contributed by atoms with Crippen LogP contribution in [0.3, 0.4) is 0 Å². The summed E-state index contributed by atoms with van der Waals surface area (Å²) < 4.78 is 14.4. The monoisotopic (exact) mass is 357 g/mol. The van der Waals surface area contributed by atoms with Gasteiger partial charge in [-0.05, 0) is 30.2 Å². The molecular formula is C17H25ClFN3O2. The number of fused-ring (bicyclic) bond motifs is 1. The molecule has 0 saturated carbocycles. The predicted octanol–water partition coefficient (Wildman–Crippen LogP) is 2.38. The summed E-state index contributed by atoms with van der Waals surface area (Å²) in [6, 6.07) is 3.42. The molecule has 2 amide bonds. The van der Waals surface area contributed by atoms with Crippen molar-refractivity contribution in [3.05, 3.63) is 29.1 Å². The molecule has 0 spiro atoms. The van der Waals surface area contributed by atoms with Gasteiger partial charge in [-0.2, -0.15) is 0 Å². The molecule has 0 unspecified atom stereocenters. The van der Waals surface area contributed by atoms with Gasteiger partial charge >= 0.3 is 0 Å². The molecule has 0 aliphatic carbocycles. The fourth-order valence-corrected chi connectivity index (χ4v) is 2.40. The molecule has 0 fully saturated rings. The highest BCUT2D eigenvalue weighted by Crippen LogP contribution is 2.24. The molecule has 0 radical (unpaired) electrons. The summed E-state index contributed by atoms with van der Waals surface area (Å²) in [6.45, 7) is 7.04. The molecule has 1 aliphatic rings. The van der Waals surface area contributed by atoms with Gasteiger partial charge in [-0.25, -0.2) is 4.39 Å². The normalized spacial score (nSPS) is 13.5. The van der Waals surface area contributed by atoms with Crippen LogP contribution in [0.2, 0.25) is 0 Å². The molecule has 1 heterocycles. The summed E-state index contributed by atoms with van der Waals surface area (Å²) in [7, 11) is 0. The van der Waals surface area contributed by atoms with E-state index in [9.17, 15) is 14.0 Å². The molecule has 1 aromatic carbocycles. The number of carbonyl (C=O) groups is 2. The number of rotatable bonds is 4. The van der Waals surface area contributed by atoms with Crippen LogP contribution in [0.1, 0.15) is 38.3 Å². The Hall–Kier alpha value is -1.66. The lowest BCUT2D eigenvalue weighted by Gasteiger charge is -2.19. The molecule has 1 aliphatic heterocycles. The van der Waals surface area contributed by atoms with Crippen molar-refractivity contribution in [2.75, 3.05) is 18.4 Å². The third-order valence-corrected chi connectivity index (χ3v) is 3.80. The molecule has 0 atom stereocenters. The van der Waals surface area contributed by atoms with E-state index in [1.165, 1.54) is 0 Å². The standard InChI is InChI=1S/C17H24FN3O2.ClH/c1-17(2,3)16(23)20-9-7-14(22)21-13-5-4-11-10-19-8-6-12(11)15(13)18;/h4-5,19H,6-10H2,1-3H3,(H,20,23)(H,21,22);1H. The maximum Gasteiger partial charge on any atom is 0.226 e. The fraction of sp³-hybridized carbons (Fsp3) is 0.529. The second kappa shape index (κ2) is 8.44. The Balaban J connectivity index is 0.00000288. The highest BCUT2D eigenvalue weighted by atomic mass is 35.5. The summed E-state index contributed by atoms with van der Waals surface area (Å²) in [6.07, 6.45) is 0.729. The van der Waals surface area contributed by atoms with Gasteiger partial charge < -0.3 is 16.0 Å². The van der Waals surface area contributed by atoms with Crippen molar-refractivity contribution >= 4 is 29.9 Å². The third-order valence-electron chi connectivity index (χ3n) is 3.80. The zero-order chi connectivity index (χ0) is 17.0. The van der Waals surface area contributed by atoms with Crippen LogP contribution >= 0.6 is 12.4 Å². The minimum atomic E-state index is -0.491. The molecular weight excluding hydrogens is 333 g/mol. The fourth-order valence-electron chi connectivity index (χ4n) is 2.40. The van der Waals surface area contributed by atoms with Gasteiger partial charge in [0.1, 0.15) is 5.82 Å². The van der Waals surface area contributed by atoms with Crippen molar-refractivity contribution in [2.45, 2.75) is 40.2 Å². The Morgan fingerprint density at radius 3 is 2.67 bits per heavy atom. The van der Waals surface area contributed by atoms with Gasteiger partial charge in [0, 0.05) is 24.9 Å². The number of amides is 2. The van der Waals surface area contributed by atoms with Crippen LogP contribution in [0, 0.1) is 11.2 Å². The molecule has 3 N–H and O–H groups in total. The lowest BCUT2D eigenvalue weighted by Crippen LogP contribution is -2.36. The van der Waals surface area contributed by atoms with Gasteiger partial charge in [0.15, 0.2) is 0 Å². The van der Waals surface area contributed by atoms with Gasteiger partial charge in [-0.15, -0.1) is 12.4 Å². The van der Waals surface area contributed by atoms with Gasteiger partial charge in [0.2, 0.25) is 11.8 Å². The van der Waals surface area contributed by atoms with Crippen molar-refractivity contribution in [3.63, 3.8) is 0 Å². The summed E-state index contributed by atoms with van der Waals surface area (Å²) in [5.41, 5.74) is 1.32. The topological polar surface area (TPSA) is 70.2 Å². The maximum atomic E-state index is 14.4. The number of benzene rings is 1. The largest absolute Gasteiger partial charge is 0.355 e. The molecule has 7 heteroatoms. The van der Waals surface area contributed by atoms with Crippen molar-refractivity contribution in [3.8, 4) is 0 Å². The average Bonchev–Trinajstić information content (AvgIpc) is 2.49. The van der Waals surface area contributed by atoms with E-state index in [1.54, 1.807) is 26.8 Å². The highest BCUT2D eigenvalue weighted by Gasteiger charge is 2.21. The van der Waals surface area contributed by atoms with Gasteiger partial charge in [-0.3, -0.25) is 9.59 Å². The number of carbonyl (C=O) groups excluding carboxylic acids is 2. The first kappa shape index (κ1) is 20.4. The van der Waals surface area contributed by atoms with E-state index < -0.39 is 5.41 Å². The summed E-state index contributed by atoms with van der Waals surface area (Å²) in [5.74, 6) is -0.777. The summed E-state index contributed by atoms with van der Waals surface area (Å²) >= 11 is 0. The van der Waals surface area contributed by atoms with Gasteiger partial charge in [-0.1, -0.05) is 26.8 Å². The zero-order valence-corrected chi connectivity index (χ0v) is 15.1. The number of anilines is 1. The first-order valence-corrected chi connectivity index (χ1v) is 7.88. The van der Waals surface area contributed by atoms with Gasteiger partial charge in [0.25, 0.3) is 0 Å². The number of hydrogen-bond donors (Lipinski definition) is 3. The Kier molecular flexibility index (Phi) is 7.17. The SMILES string of the molecule is CC(C)(C)C(=O)NCCC(=O)Nc1ccc2c(c1F)CCNC2.Cl. The minimum Gasteiger partial charge on any atom is -0.355 e. The zero-order valence-electron chi connectivity index (χ0n) is 14.3. The average molecular weight is 358 g/mol. The second-order valence-corrected chi connectivity index (χ2v) is 6.80. The van der Waals surface area contributed by atoms with Crippen LogP contribution in [0.5, 0.6) is 0 Å². The van der Waals surface area contributed by atoms with Crippen LogP contribution in [0.4, 0.5) is 10.1 Å². The molecule has 0 bridgehead atoms. The minimum absolute atomic E-state index is 0. The molecule has 2 rings (SSSR count). The van der Waals surface area contributed by atoms with Gasteiger partial charge in [0.05, 0.1) is 5.69 Å². The molecule has 1 aromatic rings. The second-order valence-electron chi connectivity index (χ2n) is 6.80. The van der Waals surface area contributed by atoms with Crippen LogP contribution < -0.4 is 16.0 Å². The van der Waals surface area contributed by atoms with Crippen LogP contribution in [-0.2, 0) is 22.6 Å². The summed E-state index contributed by atoms with van der Waals surface area (Å²) in [5, 5.41) is 8.47. The third kappa shape index (κ3) is 5.18. The smallest absolute Gasteiger partial charge is 0.226 e. The van der Waals surface area contributed by atoms with E-state index in [1.807, 2.05) is 6.07 Å². The quantitative estimate of drug-likeness (QED) is 0.775. The van der Waals surface area contributed by atoms with E-state index in [2.05, 4.69) is 16.0 Å². The maximum absolute atomic E-state index is 14.4. The predicted molar refractivity (Wildman–Crippen MR) is 94.8 cm³/mol. The Morgan fingerprint density at radius 1 is 1.29 bits per heavy atom. The van der Waals surface area contributed by atoms with Crippen LogP contribution in [0.15, 0.2) is 12.1 Å². The molecule has 134 valence electrons. The Bertz CT molecular complexity index is 615.